The van der Waals surface area contributed by atoms with Crippen LogP contribution in [0, 0.1) is 0 Å². The third-order valence-electron chi connectivity index (χ3n) is 3.76. The quantitative estimate of drug-likeness (QED) is 0.759. The van der Waals surface area contributed by atoms with Gasteiger partial charge in [-0.2, -0.15) is 8.78 Å². The van der Waals surface area contributed by atoms with Gasteiger partial charge in [0.05, 0.1) is 5.56 Å². The number of hydrogen-bond donors (Lipinski definition) is 1. The predicted molar refractivity (Wildman–Crippen MR) is 94.0 cm³/mol. The van der Waals surface area contributed by atoms with E-state index in [1.807, 2.05) is 0 Å². The largest absolute Gasteiger partial charge is 0.486 e. The number of nitrogens with one attached hydrogen (secondary N) is 1. The molecule has 0 fully saturated rings. The maximum Gasteiger partial charge on any atom is 0.387 e. The van der Waals surface area contributed by atoms with E-state index in [0.29, 0.717) is 30.4 Å². The Hall–Kier alpha value is -3.36. The standard InChI is InChI=1S/C19H17F2NO6/c1-11(27-18(24)12-3-2-4-14(9-12)28-19(20)21)17(23)22-13-5-6-15-16(10-13)26-8-7-25-15/h2-6,9-11,19H,7-8H2,1H3,(H,22,23). The summed E-state index contributed by atoms with van der Waals surface area (Å²) in [6.07, 6.45) is -1.12. The number of rotatable bonds is 6. The number of benzene rings is 2. The molecule has 1 N–H and O–H groups in total. The topological polar surface area (TPSA) is 83.1 Å². The number of alkyl halides is 2. The van der Waals surface area contributed by atoms with Crippen LogP contribution in [0.1, 0.15) is 17.3 Å². The van der Waals surface area contributed by atoms with E-state index in [4.69, 9.17) is 14.2 Å². The molecular weight excluding hydrogens is 376 g/mol. The molecule has 1 heterocycles. The Morgan fingerprint density at radius 3 is 2.57 bits per heavy atom. The average molecular weight is 393 g/mol. The molecule has 0 bridgehead atoms. The Kier molecular flexibility index (Phi) is 5.93. The molecule has 0 saturated carbocycles. The van der Waals surface area contributed by atoms with E-state index in [1.165, 1.54) is 25.1 Å². The van der Waals surface area contributed by atoms with Gasteiger partial charge in [0.2, 0.25) is 0 Å². The summed E-state index contributed by atoms with van der Waals surface area (Å²) in [5.74, 6) is -0.508. The molecule has 2 aromatic rings. The Balaban J connectivity index is 1.60. The van der Waals surface area contributed by atoms with Crippen LogP contribution in [-0.4, -0.2) is 37.8 Å². The van der Waals surface area contributed by atoms with Crippen molar-refractivity contribution in [1.29, 1.82) is 0 Å². The normalized spacial score (nSPS) is 13.6. The van der Waals surface area contributed by atoms with Gasteiger partial charge in [-0.1, -0.05) is 6.07 Å². The zero-order valence-corrected chi connectivity index (χ0v) is 14.8. The number of anilines is 1. The molecule has 148 valence electrons. The second-order valence-electron chi connectivity index (χ2n) is 5.80. The zero-order chi connectivity index (χ0) is 20.1. The fourth-order valence-electron chi connectivity index (χ4n) is 2.45. The van der Waals surface area contributed by atoms with Crippen LogP contribution >= 0.6 is 0 Å². The van der Waals surface area contributed by atoms with Crippen molar-refractivity contribution in [3.8, 4) is 17.2 Å². The number of carbonyl (C=O) groups excluding carboxylic acids is 2. The molecule has 0 aliphatic carbocycles. The van der Waals surface area contributed by atoms with E-state index in [-0.39, 0.29) is 11.3 Å². The zero-order valence-electron chi connectivity index (χ0n) is 14.8. The van der Waals surface area contributed by atoms with Gasteiger partial charge in [0.25, 0.3) is 5.91 Å². The minimum Gasteiger partial charge on any atom is -0.486 e. The third kappa shape index (κ3) is 4.87. The van der Waals surface area contributed by atoms with Gasteiger partial charge in [-0.05, 0) is 37.3 Å². The first-order valence-electron chi connectivity index (χ1n) is 8.39. The highest BCUT2D eigenvalue weighted by atomic mass is 19.3. The lowest BCUT2D eigenvalue weighted by Gasteiger charge is -2.19. The molecule has 3 rings (SSSR count). The van der Waals surface area contributed by atoms with E-state index in [1.54, 1.807) is 18.2 Å². The summed E-state index contributed by atoms with van der Waals surface area (Å²) >= 11 is 0. The molecular formula is C19H17F2NO6. The van der Waals surface area contributed by atoms with Crippen LogP contribution in [0.4, 0.5) is 14.5 Å². The number of carbonyl (C=O) groups is 2. The van der Waals surface area contributed by atoms with Gasteiger partial charge in [0.15, 0.2) is 17.6 Å². The SMILES string of the molecule is CC(OC(=O)c1cccc(OC(F)F)c1)C(=O)Nc1ccc2c(c1)OCCO2. The van der Waals surface area contributed by atoms with Crippen molar-refractivity contribution in [1.82, 2.24) is 0 Å². The molecule has 2 aromatic carbocycles. The Labute approximate surface area is 159 Å². The minimum absolute atomic E-state index is 0.0165. The number of esters is 1. The predicted octanol–water partition coefficient (Wildman–Crippen LogP) is 3.24. The van der Waals surface area contributed by atoms with Crippen molar-refractivity contribution in [2.75, 3.05) is 18.5 Å². The van der Waals surface area contributed by atoms with E-state index >= 15 is 0 Å². The molecule has 0 spiro atoms. The van der Waals surface area contributed by atoms with Crippen molar-refractivity contribution < 1.29 is 37.3 Å². The fraction of sp³-hybridized carbons (Fsp3) is 0.263. The van der Waals surface area contributed by atoms with Gasteiger partial charge in [-0.25, -0.2) is 4.79 Å². The summed E-state index contributed by atoms with van der Waals surface area (Å²) in [4.78, 5) is 24.4. The van der Waals surface area contributed by atoms with Gasteiger partial charge >= 0.3 is 12.6 Å². The van der Waals surface area contributed by atoms with Crippen molar-refractivity contribution in [3.63, 3.8) is 0 Å². The monoisotopic (exact) mass is 393 g/mol. The fourth-order valence-corrected chi connectivity index (χ4v) is 2.45. The Bertz CT molecular complexity index is 873. The lowest BCUT2D eigenvalue weighted by molar-refractivity contribution is -0.123. The smallest absolute Gasteiger partial charge is 0.387 e. The maximum atomic E-state index is 12.3. The molecule has 1 unspecified atom stereocenters. The Morgan fingerprint density at radius 1 is 1.07 bits per heavy atom. The van der Waals surface area contributed by atoms with E-state index in [2.05, 4.69) is 10.1 Å². The lowest BCUT2D eigenvalue weighted by Crippen LogP contribution is -2.30. The molecule has 0 radical (unpaired) electrons. The van der Waals surface area contributed by atoms with Crippen molar-refractivity contribution in [2.24, 2.45) is 0 Å². The van der Waals surface area contributed by atoms with Crippen LogP contribution < -0.4 is 19.5 Å². The highest BCUT2D eigenvalue weighted by molar-refractivity contribution is 5.97. The highest BCUT2D eigenvalue weighted by Crippen LogP contribution is 2.32. The van der Waals surface area contributed by atoms with Crippen molar-refractivity contribution in [3.05, 3.63) is 48.0 Å². The second-order valence-corrected chi connectivity index (χ2v) is 5.80. The summed E-state index contributed by atoms with van der Waals surface area (Å²) in [5, 5.41) is 2.61. The molecule has 1 atom stereocenters. The molecule has 28 heavy (non-hydrogen) atoms. The summed E-state index contributed by atoms with van der Waals surface area (Å²) in [6, 6.07) is 10.0. The Morgan fingerprint density at radius 2 is 1.82 bits per heavy atom. The summed E-state index contributed by atoms with van der Waals surface area (Å²) in [7, 11) is 0. The number of amides is 1. The number of hydrogen-bond acceptors (Lipinski definition) is 6. The van der Waals surface area contributed by atoms with Gasteiger partial charge in [-0.15, -0.1) is 0 Å². The molecule has 9 heteroatoms. The molecule has 1 aliphatic rings. The van der Waals surface area contributed by atoms with Crippen LogP contribution in [0.25, 0.3) is 0 Å². The van der Waals surface area contributed by atoms with Crippen LogP contribution in [0.15, 0.2) is 42.5 Å². The van der Waals surface area contributed by atoms with Crippen LogP contribution in [0.3, 0.4) is 0 Å². The number of fused-ring (bicyclic) bond motifs is 1. The molecule has 0 aromatic heterocycles. The lowest BCUT2D eigenvalue weighted by atomic mass is 10.2. The highest BCUT2D eigenvalue weighted by Gasteiger charge is 2.21. The van der Waals surface area contributed by atoms with E-state index < -0.39 is 24.6 Å². The first-order chi connectivity index (χ1) is 13.4. The van der Waals surface area contributed by atoms with E-state index in [9.17, 15) is 18.4 Å². The van der Waals surface area contributed by atoms with Gasteiger partial charge in [0.1, 0.15) is 19.0 Å². The first kappa shape index (κ1) is 19.4. The summed E-state index contributed by atoms with van der Waals surface area (Å²) in [5.41, 5.74) is 0.432. The first-order valence-corrected chi connectivity index (χ1v) is 8.39. The van der Waals surface area contributed by atoms with E-state index in [0.717, 1.165) is 6.07 Å². The molecule has 7 nitrogen and oxygen atoms in total. The molecule has 1 aliphatic heterocycles. The third-order valence-corrected chi connectivity index (χ3v) is 3.76. The van der Waals surface area contributed by atoms with Crippen LogP contribution in [0.2, 0.25) is 0 Å². The van der Waals surface area contributed by atoms with Gasteiger partial charge in [-0.3, -0.25) is 4.79 Å². The van der Waals surface area contributed by atoms with Crippen LogP contribution in [0.5, 0.6) is 17.2 Å². The minimum atomic E-state index is -3.01. The maximum absolute atomic E-state index is 12.3. The van der Waals surface area contributed by atoms with Gasteiger partial charge < -0.3 is 24.3 Å². The molecule has 0 saturated heterocycles. The average Bonchev–Trinajstić information content (AvgIpc) is 2.67. The molecule has 1 amide bonds. The second kappa shape index (κ2) is 8.55. The number of ether oxygens (including phenoxy) is 4. The van der Waals surface area contributed by atoms with Gasteiger partial charge in [0, 0.05) is 11.8 Å². The summed E-state index contributed by atoms with van der Waals surface area (Å²) < 4.78 is 44.7. The summed E-state index contributed by atoms with van der Waals surface area (Å²) in [6.45, 7) is -0.755. The number of halogens is 2. The van der Waals surface area contributed by atoms with Crippen molar-refractivity contribution in [2.45, 2.75) is 19.6 Å². The van der Waals surface area contributed by atoms with Crippen molar-refractivity contribution >= 4 is 17.6 Å². The van der Waals surface area contributed by atoms with Crippen LogP contribution in [-0.2, 0) is 9.53 Å².